The molecule has 2 aromatic heterocycles. The molecular formula is C15H17N3O2. The Morgan fingerprint density at radius 1 is 1.15 bits per heavy atom. The molecule has 0 saturated carbocycles. The maximum absolute atomic E-state index is 11.6. The van der Waals surface area contributed by atoms with Crippen LogP contribution >= 0.6 is 0 Å². The molecule has 0 aromatic carbocycles. The number of hydrogen-bond donors (Lipinski definition) is 1. The lowest BCUT2D eigenvalue weighted by Gasteiger charge is -2.08. The number of carbonyl (C=O) groups excluding carboxylic acids is 1. The van der Waals surface area contributed by atoms with Crippen molar-refractivity contribution in [3.05, 3.63) is 59.2 Å². The molecule has 2 rings (SSSR count). The van der Waals surface area contributed by atoms with Crippen molar-refractivity contribution in [2.45, 2.75) is 27.0 Å². The van der Waals surface area contributed by atoms with E-state index in [0.717, 1.165) is 22.5 Å². The number of rotatable bonds is 4. The lowest BCUT2D eigenvalue weighted by atomic mass is 10.2. The third-order valence-corrected chi connectivity index (χ3v) is 2.70. The molecule has 0 radical (unpaired) electrons. The molecule has 2 heterocycles. The Hall–Kier alpha value is -2.43. The highest BCUT2D eigenvalue weighted by Crippen LogP contribution is 2.06. The number of pyridine rings is 2. The zero-order valence-electron chi connectivity index (χ0n) is 11.6. The number of hydrogen-bond acceptors (Lipinski definition) is 4. The van der Waals surface area contributed by atoms with Gasteiger partial charge >= 0.3 is 6.09 Å². The molecule has 0 spiro atoms. The van der Waals surface area contributed by atoms with Crippen LogP contribution in [0.25, 0.3) is 0 Å². The molecule has 20 heavy (non-hydrogen) atoms. The van der Waals surface area contributed by atoms with Gasteiger partial charge in [-0.15, -0.1) is 0 Å². The first-order chi connectivity index (χ1) is 9.63. The number of carbonyl (C=O) groups is 1. The predicted molar refractivity (Wildman–Crippen MR) is 75.0 cm³/mol. The number of nitrogens with zero attached hydrogens (tertiary/aromatic N) is 2. The van der Waals surface area contributed by atoms with Gasteiger partial charge in [0.05, 0.1) is 0 Å². The second-order valence-electron chi connectivity index (χ2n) is 4.54. The highest BCUT2D eigenvalue weighted by atomic mass is 16.5. The summed E-state index contributed by atoms with van der Waals surface area (Å²) in [7, 11) is 0. The summed E-state index contributed by atoms with van der Waals surface area (Å²) in [5.74, 6) is 0. The van der Waals surface area contributed by atoms with Crippen molar-refractivity contribution in [2.75, 3.05) is 0 Å². The molecule has 2 aromatic rings. The van der Waals surface area contributed by atoms with E-state index in [1.165, 1.54) is 0 Å². The van der Waals surface area contributed by atoms with E-state index >= 15 is 0 Å². The lowest BCUT2D eigenvalue weighted by molar-refractivity contribution is 0.139. The van der Waals surface area contributed by atoms with Gasteiger partial charge in [0, 0.05) is 30.3 Å². The summed E-state index contributed by atoms with van der Waals surface area (Å²) >= 11 is 0. The van der Waals surface area contributed by atoms with Crippen LogP contribution in [0, 0.1) is 13.8 Å². The number of amides is 1. The minimum absolute atomic E-state index is 0.242. The lowest BCUT2D eigenvalue weighted by Crippen LogP contribution is -2.23. The van der Waals surface area contributed by atoms with Gasteiger partial charge in [0.1, 0.15) is 6.61 Å². The summed E-state index contributed by atoms with van der Waals surface area (Å²) in [6.07, 6.45) is 2.93. The van der Waals surface area contributed by atoms with Crippen LogP contribution in [-0.4, -0.2) is 16.1 Å². The van der Waals surface area contributed by atoms with Crippen LogP contribution in [0.1, 0.15) is 22.5 Å². The van der Waals surface area contributed by atoms with E-state index in [0.29, 0.717) is 6.54 Å². The highest BCUT2D eigenvalue weighted by Gasteiger charge is 2.04. The SMILES string of the molecule is Cc1cc(COC(=O)NCc2ccncc2)cc(C)n1. The molecule has 1 N–H and O–H groups in total. The van der Waals surface area contributed by atoms with Crippen LogP contribution in [0.4, 0.5) is 4.79 Å². The Balaban J connectivity index is 1.80. The normalized spacial score (nSPS) is 10.1. The Bertz CT molecular complexity index is 565. The zero-order chi connectivity index (χ0) is 14.4. The summed E-state index contributed by atoms with van der Waals surface area (Å²) in [5, 5.41) is 2.69. The van der Waals surface area contributed by atoms with Gasteiger partial charge in [-0.3, -0.25) is 9.97 Å². The third kappa shape index (κ3) is 4.35. The van der Waals surface area contributed by atoms with Crippen LogP contribution in [-0.2, 0) is 17.9 Å². The quantitative estimate of drug-likeness (QED) is 0.928. The second-order valence-corrected chi connectivity index (χ2v) is 4.54. The maximum atomic E-state index is 11.6. The summed E-state index contributed by atoms with van der Waals surface area (Å²) < 4.78 is 5.17. The van der Waals surface area contributed by atoms with Gasteiger partial charge < -0.3 is 10.1 Å². The third-order valence-electron chi connectivity index (χ3n) is 2.70. The Labute approximate surface area is 118 Å². The van der Waals surface area contributed by atoms with Gasteiger partial charge in [-0.1, -0.05) is 0 Å². The van der Waals surface area contributed by atoms with Gasteiger partial charge in [-0.25, -0.2) is 4.79 Å². The van der Waals surface area contributed by atoms with Crippen LogP contribution in [0.15, 0.2) is 36.7 Å². The number of ether oxygens (including phenoxy) is 1. The Kier molecular flexibility index (Phi) is 4.65. The van der Waals surface area contributed by atoms with Gasteiger partial charge in [0.25, 0.3) is 0 Å². The molecule has 0 aliphatic heterocycles. The van der Waals surface area contributed by atoms with E-state index in [4.69, 9.17) is 4.74 Å². The number of alkyl carbamates (subject to hydrolysis) is 1. The first-order valence-corrected chi connectivity index (χ1v) is 6.37. The van der Waals surface area contributed by atoms with Crippen LogP contribution < -0.4 is 5.32 Å². The monoisotopic (exact) mass is 271 g/mol. The first-order valence-electron chi connectivity index (χ1n) is 6.37. The molecule has 0 unspecified atom stereocenters. The molecular weight excluding hydrogens is 254 g/mol. The number of aromatic nitrogens is 2. The second kappa shape index (κ2) is 6.65. The van der Waals surface area contributed by atoms with Crippen molar-refractivity contribution in [1.82, 2.24) is 15.3 Å². The van der Waals surface area contributed by atoms with Gasteiger partial charge in [0.15, 0.2) is 0 Å². The van der Waals surface area contributed by atoms with Crippen molar-refractivity contribution in [1.29, 1.82) is 0 Å². The summed E-state index contributed by atoms with van der Waals surface area (Å²) in [6, 6.07) is 7.50. The minimum atomic E-state index is -0.436. The van der Waals surface area contributed by atoms with Gasteiger partial charge in [-0.2, -0.15) is 0 Å². The van der Waals surface area contributed by atoms with Crippen LogP contribution in [0.2, 0.25) is 0 Å². The van der Waals surface area contributed by atoms with Crippen molar-refractivity contribution in [3.63, 3.8) is 0 Å². The van der Waals surface area contributed by atoms with E-state index in [-0.39, 0.29) is 6.61 Å². The molecule has 0 bridgehead atoms. The van der Waals surface area contributed by atoms with Gasteiger partial charge in [0.2, 0.25) is 0 Å². The summed E-state index contributed by atoms with van der Waals surface area (Å²) in [4.78, 5) is 19.8. The fourth-order valence-electron chi connectivity index (χ4n) is 1.88. The summed E-state index contributed by atoms with van der Waals surface area (Å²) in [6.45, 7) is 4.50. The average molecular weight is 271 g/mol. The smallest absolute Gasteiger partial charge is 0.407 e. The predicted octanol–water partition coefficient (Wildman–Crippen LogP) is 2.52. The summed E-state index contributed by atoms with van der Waals surface area (Å²) in [5.41, 5.74) is 3.75. The molecule has 104 valence electrons. The standard InChI is InChI=1S/C15H17N3O2/c1-11-7-14(8-12(2)18-11)10-20-15(19)17-9-13-3-5-16-6-4-13/h3-8H,9-10H2,1-2H3,(H,17,19). The molecule has 0 fully saturated rings. The van der Waals surface area contributed by atoms with E-state index in [1.807, 2.05) is 38.1 Å². The van der Waals surface area contributed by atoms with E-state index in [1.54, 1.807) is 12.4 Å². The zero-order valence-corrected chi connectivity index (χ0v) is 11.6. The maximum Gasteiger partial charge on any atom is 0.407 e. The highest BCUT2D eigenvalue weighted by molar-refractivity contribution is 5.67. The van der Waals surface area contributed by atoms with E-state index in [2.05, 4.69) is 15.3 Å². The van der Waals surface area contributed by atoms with Crippen LogP contribution in [0.5, 0.6) is 0 Å². The van der Waals surface area contributed by atoms with Crippen molar-refractivity contribution < 1.29 is 9.53 Å². The molecule has 1 amide bonds. The average Bonchev–Trinajstić information content (AvgIpc) is 2.43. The van der Waals surface area contributed by atoms with E-state index < -0.39 is 6.09 Å². The Morgan fingerprint density at radius 2 is 1.80 bits per heavy atom. The van der Waals surface area contributed by atoms with Crippen LogP contribution in [0.3, 0.4) is 0 Å². The number of nitrogens with one attached hydrogen (secondary N) is 1. The fraction of sp³-hybridized carbons (Fsp3) is 0.267. The Morgan fingerprint density at radius 3 is 2.45 bits per heavy atom. The molecule has 5 nitrogen and oxygen atoms in total. The minimum Gasteiger partial charge on any atom is -0.445 e. The van der Waals surface area contributed by atoms with Crippen molar-refractivity contribution in [2.24, 2.45) is 0 Å². The molecule has 5 heteroatoms. The molecule has 0 aliphatic carbocycles. The fourth-order valence-corrected chi connectivity index (χ4v) is 1.88. The molecule has 0 aliphatic rings. The largest absolute Gasteiger partial charge is 0.445 e. The van der Waals surface area contributed by atoms with Gasteiger partial charge in [-0.05, 0) is 49.2 Å². The van der Waals surface area contributed by atoms with Crippen molar-refractivity contribution in [3.8, 4) is 0 Å². The van der Waals surface area contributed by atoms with E-state index in [9.17, 15) is 4.79 Å². The number of aryl methyl sites for hydroxylation is 2. The van der Waals surface area contributed by atoms with Crippen molar-refractivity contribution >= 4 is 6.09 Å². The molecule has 0 saturated heterocycles. The molecule has 0 atom stereocenters. The topological polar surface area (TPSA) is 64.1 Å². The first kappa shape index (κ1) is 14.0.